The van der Waals surface area contributed by atoms with E-state index in [9.17, 15) is 0 Å². The van der Waals surface area contributed by atoms with Gasteiger partial charge < -0.3 is 10.1 Å². The van der Waals surface area contributed by atoms with Crippen LogP contribution in [0.25, 0.3) is 0 Å². The summed E-state index contributed by atoms with van der Waals surface area (Å²) in [7, 11) is 1.96. The molecule has 0 spiro atoms. The first-order chi connectivity index (χ1) is 8.67. The van der Waals surface area contributed by atoms with Crippen LogP contribution >= 0.6 is 0 Å². The summed E-state index contributed by atoms with van der Waals surface area (Å²) in [6.07, 6.45) is 5.30. The zero-order chi connectivity index (χ0) is 13.0. The van der Waals surface area contributed by atoms with Gasteiger partial charge in [0.05, 0.1) is 0 Å². The van der Waals surface area contributed by atoms with Gasteiger partial charge in [0.15, 0.2) is 0 Å². The van der Waals surface area contributed by atoms with Crippen LogP contribution in [0.1, 0.15) is 43.9 Å². The Labute approximate surface area is 110 Å². The quantitative estimate of drug-likeness (QED) is 0.889. The molecule has 0 saturated heterocycles. The van der Waals surface area contributed by atoms with E-state index in [1.54, 1.807) is 0 Å². The van der Waals surface area contributed by atoms with Crippen molar-refractivity contribution in [2.24, 2.45) is 5.92 Å². The predicted molar refractivity (Wildman–Crippen MR) is 73.8 cm³/mol. The van der Waals surface area contributed by atoms with Gasteiger partial charge in [-0.15, -0.1) is 0 Å². The first-order valence-corrected chi connectivity index (χ1v) is 6.96. The summed E-state index contributed by atoms with van der Waals surface area (Å²) in [6.45, 7) is 5.20. The fourth-order valence-corrected chi connectivity index (χ4v) is 2.73. The SMILES string of the molecule is CNCc1cc(C)nc(OC2CCCC(C)C2)c1. The van der Waals surface area contributed by atoms with Gasteiger partial charge in [0.1, 0.15) is 6.10 Å². The van der Waals surface area contributed by atoms with E-state index >= 15 is 0 Å². The number of pyridine rings is 1. The Balaban J connectivity index is 2.03. The van der Waals surface area contributed by atoms with Crippen LogP contribution < -0.4 is 10.1 Å². The molecule has 0 radical (unpaired) electrons. The van der Waals surface area contributed by atoms with Gasteiger partial charge in [0.2, 0.25) is 5.88 Å². The third-order valence-electron chi connectivity index (χ3n) is 3.55. The van der Waals surface area contributed by atoms with Crippen molar-refractivity contribution < 1.29 is 4.74 Å². The molecule has 0 aromatic carbocycles. The molecular weight excluding hydrogens is 224 g/mol. The maximum Gasteiger partial charge on any atom is 0.214 e. The van der Waals surface area contributed by atoms with Gasteiger partial charge in [-0.1, -0.05) is 13.3 Å². The number of nitrogens with zero attached hydrogens (tertiary/aromatic N) is 1. The molecule has 0 aliphatic heterocycles. The second-order valence-electron chi connectivity index (χ2n) is 5.50. The Morgan fingerprint density at radius 3 is 2.94 bits per heavy atom. The Morgan fingerprint density at radius 1 is 1.39 bits per heavy atom. The lowest BCUT2D eigenvalue weighted by atomic mass is 9.89. The maximum atomic E-state index is 6.05. The minimum Gasteiger partial charge on any atom is -0.474 e. The summed E-state index contributed by atoms with van der Waals surface area (Å²) in [6, 6.07) is 4.16. The molecule has 1 saturated carbocycles. The van der Waals surface area contributed by atoms with Gasteiger partial charge in [0, 0.05) is 18.3 Å². The van der Waals surface area contributed by atoms with E-state index in [4.69, 9.17) is 4.74 Å². The van der Waals surface area contributed by atoms with Crippen molar-refractivity contribution in [2.75, 3.05) is 7.05 Å². The molecule has 3 nitrogen and oxygen atoms in total. The Morgan fingerprint density at radius 2 is 2.22 bits per heavy atom. The molecule has 1 fully saturated rings. The van der Waals surface area contributed by atoms with E-state index in [2.05, 4.69) is 29.4 Å². The lowest BCUT2D eigenvalue weighted by molar-refractivity contribution is 0.123. The van der Waals surface area contributed by atoms with Crippen molar-refractivity contribution in [3.8, 4) is 5.88 Å². The van der Waals surface area contributed by atoms with Crippen LogP contribution in [-0.4, -0.2) is 18.1 Å². The van der Waals surface area contributed by atoms with E-state index in [1.165, 1.54) is 24.8 Å². The summed E-state index contributed by atoms with van der Waals surface area (Å²) in [4.78, 5) is 4.49. The first-order valence-electron chi connectivity index (χ1n) is 6.96. The van der Waals surface area contributed by atoms with Crippen LogP contribution in [-0.2, 0) is 6.54 Å². The fourth-order valence-electron chi connectivity index (χ4n) is 2.73. The summed E-state index contributed by atoms with van der Waals surface area (Å²) in [5.41, 5.74) is 2.27. The van der Waals surface area contributed by atoms with Crippen LogP contribution in [0.5, 0.6) is 5.88 Å². The van der Waals surface area contributed by atoms with Gasteiger partial charge in [-0.25, -0.2) is 4.98 Å². The maximum absolute atomic E-state index is 6.05. The van der Waals surface area contributed by atoms with E-state index in [-0.39, 0.29) is 0 Å². The van der Waals surface area contributed by atoms with Crippen LogP contribution in [0.2, 0.25) is 0 Å². The zero-order valence-corrected chi connectivity index (χ0v) is 11.7. The monoisotopic (exact) mass is 248 g/mol. The summed E-state index contributed by atoms with van der Waals surface area (Å²) < 4.78 is 6.05. The molecule has 2 rings (SSSR count). The summed E-state index contributed by atoms with van der Waals surface area (Å²) in [5, 5.41) is 3.17. The van der Waals surface area contributed by atoms with E-state index in [0.717, 1.165) is 30.5 Å². The van der Waals surface area contributed by atoms with Crippen molar-refractivity contribution in [1.82, 2.24) is 10.3 Å². The first kappa shape index (κ1) is 13.3. The predicted octanol–water partition coefficient (Wildman–Crippen LogP) is 3.07. The van der Waals surface area contributed by atoms with Crippen molar-refractivity contribution >= 4 is 0 Å². The Kier molecular flexibility index (Phi) is 4.59. The third kappa shape index (κ3) is 3.70. The second kappa shape index (κ2) is 6.19. The molecule has 1 aliphatic rings. The summed E-state index contributed by atoms with van der Waals surface area (Å²) in [5.74, 6) is 1.57. The van der Waals surface area contributed by atoms with E-state index in [0.29, 0.717) is 6.10 Å². The fraction of sp³-hybridized carbons (Fsp3) is 0.667. The van der Waals surface area contributed by atoms with Crippen LogP contribution in [0.4, 0.5) is 0 Å². The van der Waals surface area contributed by atoms with Gasteiger partial charge in [-0.3, -0.25) is 0 Å². The highest BCUT2D eigenvalue weighted by atomic mass is 16.5. The minimum absolute atomic E-state index is 0.352. The highest BCUT2D eigenvalue weighted by molar-refractivity contribution is 5.24. The standard InChI is InChI=1S/C15H24N2O/c1-11-5-4-6-14(7-11)18-15-9-13(10-16-3)8-12(2)17-15/h8-9,11,14,16H,4-7,10H2,1-3H3. The molecular formula is C15H24N2O. The molecule has 3 heteroatoms. The molecule has 1 aliphatic carbocycles. The number of aromatic nitrogens is 1. The molecule has 18 heavy (non-hydrogen) atoms. The number of aryl methyl sites for hydroxylation is 1. The smallest absolute Gasteiger partial charge is 0.214 e. The highest BCUT2D eigenvalue weighted by Gasteiger charge is 2.20. The highest BCUT2D eigenvalue weighted by Crippen LogP contribution is 2.27. The van der Waals surface area contributed by atoms with E-state index in [1.807, 2.05) is 14.0 Å². The molecule has 100 valence electrons. The van der Waals surface area contributed by atoms with Crippen LogP contribution in [0.15, 0.2) is 12.1 Å². The average Bonchev–Trinajstić information content (AvgIpc) is 2.28. The number of hydrogen-bond acceptors (Lipinski definition) is 3. The zero-order valence-electron chi connectivity index (χ0n) is 11.7. The molecule has 0 bridgehead atoms. The Bertz CT molecular complexity index is 392. The molecule has 2 unspecified atom stereocenters. The largest absolute Gasteiger partial charge is 0.474 e. The molecule has 1 heterocycles. The number of nitrogens with one attached hydrogen (secondary N) is 1. The molecule has 1 N–H and O–H groups in total. The third-order valence-corrected chi connectivity index (χ3v) is 3.55. The molecule has 2 atom stereocenters. The van der Waals surface area contributed by atoms with Crippen molar-refractivity contribution in [3.63, 3.8) is 0 Å². The van der Waals surface area contributed by atoms with Crippen molar-refractivity contribution in [1.29, 1.82) is 0 Å². The molecule has 1 aromatic rings. The average molecular weight is 248 g/mol. The van der Waals surface area contributed by atoms with Crippen molar-refractivity contribution in [2.45, 2.75) is 52.2 Å². The number of hydrogen-bond donors (Lipinski definition) is 1. The lowest BCUT2D eigenvalue weighted by Gasteiger charge is -2.27. The number of ether oxygens (including phenoxy) is 1. The Hall–Kier alpha value is -1.09. The van der Waals surface area contributed by atoms with E-state index < -0.39 is 0 Å². The van der Waals surface area contributed by atoms with Gasteiger partial charge >= 0.3 is 0 Å². The molecule has 1 aromatic heterocycles. The topological polar surface area (TPSA) is 34.2 Å². The van der Waals surface area contributed by atoms with Gasteiger partial charge in [-0.2, -0.15) is 0 Å². The molecule has 0 amide bonds. The normalized spacial score (nSPS) is 23.9. The number of rotatable bonds is 4. The van der Waals surface area contributed by atoms with Crippen LogP contribution in [0, 0.1) is 12.8 Å². The van der Waals surface area contributed by atoms with Crippen molar-refractivity contribution in [3.05, 3.63) is 23.4 Å². The minimum atomic E-state index is 0.352. The summed E-state index contributed by atoms with van der Waals surface area (Å²) >= 11 is 0. The van der Waals surface area contributed by atoms with Gasteiger partial charge in [0.25, 0.3) is 0 Å². The second-order valence-corrected chi connectivity index (χ2v) is 5.50. The lowest BCUT2D eigenvalue weighted by Crippen LogP contribution is -2.24. The van der Waals surface area contributed by atoms with Gasteiger partial charge in [-0.05, 0) is 50.8 Å². The van der Waals surface area contributed by atoms with Crippen LogP contribution in [0.3, 0.4) is 0 Å².